The molecule has 0 spiro atoms. The highest BCUT2D eigenvalue weighted by atomic mass is 16.7. The van der Waals surface area contributed by atoms with Crippen LogP contribution in [0.1, 0.15) is 19.4 Å². The average molecular weight is 265 g/mol. The number of alkyl carbamates (subject to hydrolysis) is 1. The van der Waals surface area contributed by atoms with Gasteiger partial charge in [0.05, 0.1) is 0 Å². The summed E-state index contributed by atoms with van der Waals surface area (Å²) in [7, 11) is 0. The number of benzene rings is 1. The Morgan fingerprint density at radius 3 is 2.37 bits per heavy atom. The third-order valence-electron chi connectivity index (χ3n) is 2.03. The smallest absolute Gasteiger partial charge is 0.415 e. The lowest BCUT2D eigenvalue weighted by atomic mass is 10.2. The lowest BCUT2D eigenvalue weighted by Gasteiger charge is -2.13. The zero-order valence-electron chi connectivity index (χ0n) is 10.6. The van der Waals surface area contributed by atoms with E-state index in [9.17, 15) is 9.59 Å². The van der Waals surface area contributed by atoms with E-state index in [1.807, 2.05) is 0 Å². The normalized spacial score (nSPS) is 11.3. The molecule has 1 aromatic carbocycles. The van der Waals surface area contributed by atoms with E-state index in [-0.39, 0.29) is 5.84 Å². The number of hydrogen-bond donors (Lipinski definition) is 3. The van der Waals surface area contributed by atoms with Gasteiger partial charge in [0.2, 0.25) is 6.29 Å². The maximum Gasteiger partial charge on any atom is 0.415 e. The van der Waals surface area contributed by atoms with Gasteiger partial charge in [-0.25, -0.2) is 4.79 Å². The second-order valence-corrected chi connectivity index (χ2v) is 3.70. The highest BCUT2D eigenvalue weighted by molar-refractivity contribution is 6.04. The van der Waals surface area contributed by atoms with Crippen LogP contribution in [0.2, 0.25) is 0 Å². The molecule has 0 aliphatic heterocycles. The van der Waals surface area contributed by atoms with Crippen molar-refractivity contribution in [2.24, 2.45) is 0 Å². The largest absolute Gasteiger partial charge is 0.426 e. The van der Waals surface area contributed by atoms with Crippen LogP contribution >= 0.6 is 0 Å². The SMILES string of the molecule is CC(=O)OC(C)OC(=O)NC(=N)c1ccc(N)cc1. The van der Waals surface area contributed by atoms with E-state index >= 15 is 0 Å². The molecule has 4 N–H and O–H groups in total. The molecule has 1 aromatic rings. The van der Waals surface area contributed by atoms with Gasteiger partial charge >= 0.3 is 12.1 Å². The molecule has 0 bridgehead atoms. The second-order valence-electron chi connectivity index (χ2n) is 3.70. The molecular formula is C12H15N3O4. The molecule has 7 nitrogen and oxygen atoms in total. The fourth-order valence-electron chi connectivity index (χ4n) is 1.26. The standard InChI is InChI=1S/C12H15N3O4/c1-7(16)18-8(2)19-12(17)15-11(14)9-3-5-10(13)6-4-9/h3-6,8H,13H2,1-2H3,(H2,14,15,17). The molecule has 0 saturated carbocycles. The molecule has 0 aromatic heterocycles. The lowest BCUT2D eigenvalue weighted by Crippen LogP contribution is -2.34. The summed E-state index contributed by atoms with van der Waals surface area (Å²) in [5.74, 6) is -0.700. The lowest BCUT2D eigenvalue weighted by molar-refractivity contribution is -0.161. The number of rotatable bonds is 3. The van der Waals surface area contributed by atoms with Gasteiger partial charge in [0, 0.05) is 25.1 Å². The van der Waals surface area contributed by atoms with Gasteiger partial charge in [-0.1, -0.05) is 0 Å². The van der Waals surface area contributed by atoms with Gasteiger partial charge in [0.1, 0.15) is 5.84 Å². The van der Waals surface area contributed by atoms with E-state index in [4.69, 9.17) is 15.9 Å². The van der Waals surface area contributed by atoms with Crippen molar-refractivity contribution in [3.63, 3.8) is 0 Å². The van der Waals surface area contributed by atoms with Crippen molar-refractivity contribution in [2.45, 2.75) is 20.1 Å². The minimum Gasteiger partial charge on any atom is -0.426 e. The Bertz CT molecular complexity index is 484. The molecule has 1 amide bonds. The minimum absolute atomic E-state index is 0.139. The van der Waals surface area contributed by atoms with Gasteiger partial charge in [-0.05, 0) is 24.3 Å². The van der Waals surface area contributed by atoms with Crippen LogP contribution in [-0.2, 0) is 14.3 Å². The Morgan fingerprint density at radius 2 is 1.84 bits per heavy atom. The Hall–Kier alpha value is -2.57. The number of anilines is 1. The molecule has 0 aliphatic carbocycles. The van der Waals surface area contributed by atoms with Crippen LogP contribution in [-0.4, -0.2) is 24.2 Å². The minimum atomic E-state index is -1.02. The zero-order valence-corrected chi connectivity index (χ0v) is 10.6. The average Bonchev–Trinajstić information content (AvgIpc) is 2.27. The number of carbonyl (C=O) groups excluding carboxylic acids is 2. The van der Waals surface area contributed by atoms with Gasteiger partial charge in [-0.3, -0.25) is 15.5 Å². The van der Waals surface area contributed by atoms with Crippen molar-refractivity contribution in [1.82, 2.24) is 5.32 Å². The van der Waals surface area contributed by atoms with Gasteiger partial charge in [0.15, 0.2) is 0 Å². The van der Waals surface area contributed by atoms with Crippen LogP contribution in [0, 0.1) is 5.41 Å². The number of amidine groups is 1. The first-order valence-corrected chi connectivity index (χ1v) is 5.48. The highest BCUT2D eigenvalue weighted by Crippen LogP contribution is 2.05. The number of nitrogens with one attached hydrogen (secondary N) is 2. The summed E-state index contributed by atoms with van der Waals surface area (Å²) in [6.07, 6.45) is -1.90. The summed E-state index contributed by atoms with van der Waals surface area (Å²) < 4.78 is 9.33. The predicted octanol–water partition coefficient (Wildman–Crippen LogP) is 1.23. The third kappa shape index (κ3) is 5.07. The van der Waals surface area contributed by atoms with Crippen LogP contribution in [0.25, 0.3) is 0 Å². The fourth-order valence-corrected chi connectivity index (χ4v) is 1.26. The van der Waals surface area contributed by atoms with Crippen molar-refractivity contribution < 1.29 is 19.1 Å². The molecule has 102 valence electrons. The summed E-state index contributed by atoms with van der Waals surface area (Å²) in [4.78, 5) is 22.0. The number of carbonyl (C=O) groups is 2. The number of amides is 1. The Morgan fingerprint density at radius 1 is 1.26 bits per heavy atom. The first-order chi connectivity index (χ1) is 8.88. The number of hydrogen-bond acceptors (Lipinski definition) is 6. The van der Waals surface area contributed by atoms with Crippen LogP contribution in [0.5, 0.6) is 0 Å². The summed E-state index contributed by atoms with van der Waals surface area (Å²) in [5.41, 5.74) is 6.55. The number of nitrogens with two attached hydrogens (primary N) is 1. The summed E-state index contributed by atoms with van der Waals surface area (Å²) in [5, 5.41) is 9.87. The van der Waals surface area contributed by atoms with E-state index < -0.39 is 18.4 Å². The monoisotopic (exact) mass is 265 g/mol. The highest BCUT2D eigenvalue weighted by Gasteiger charge is 2.13. The Kier molecular flexibility index (Phi) is 4.87. The Balaban J connectivity index is 2.50. The molecule has 7 heteroatoms. The molecule has 1 atom stereocenters. The maximum atomic E-state index is 11.4. The van der Waals surface area contributed by atoms with Crippen LogP contribution in [0.3, 0.4) is 0 Å². The molecule has 0 saturated heterocycles. The maximum absolute atomic E-state index is 11.4. The topological polar surface area (TPSA) is 114 Å². The van der Waals surface area contributed by atoms with Crippen molar-refractivity contribution in [3.05, 3.63) is 29.8 Å². The molecule has 0 radical (unpaired) electrons. The van der Waals surface area contributed by atoms with Crippen LogP contribution in [0.15, 0.2) is 24.3 Å². The molecule has 1 unspecified atom stereocenters. The van der Waals surface area contributed by atoms with Crippen molar-refractivity contribution in [3.8, 4) is 0 Å². The van der Waals surface area contributed by atoms with E-state index in [0.717, 1.165) is 0 Å². The van der Waals surface area contributed by atoms with Crippen LogP contribution < -0.4 is 11.1 Å². The van der Waals surface area contributed by atoms with E-state index in [0.29, 0.717) is 11.3 Å². The molecule has 19 heavy (non-hydrogen) atoms. The summed E-state index contributed by atoms with van der Waals surface area (Å²) >= 11 is 0. The van der Waals surface area contributed by atoms with Crippen molar-refractivity contribution >= 4 is 23.6 Å². The van der Waals surface area contributed by atoms with E-state index in [1.165, 1.54) is 13.8 Å². The summed E-state index contributed by atoms with van der Waals surface area (Å²) in [6, 6.07) is 6.40. The first kappa shape index (κ1) is 14.5. The molecule has 0 heterocycles. The van der Waals surface area contributed by atoms with Gasteiger partial charge < -0.3 is 15.2 Å². The second kappa shape index (κ2) is 6.39. The predicted molar refractivity (Wildman–Crippen MR) is 68.5 cm³/mol. The fraction of sp³-hybridized carbons (Fsp3) is 0.250. The molecular weight excluding hydrogens is 250 g/mol. The zero-order chi connectivity index (χ0) is 14.4. The van der Waals surface area contributed by atoms with Gasteiger partial charge in [-0.15, -0.1) is 0 Å². The third-order valence-corrected chi connectivity index (χ3v) is 2.03. The van der Waals surface area contributed by atoms with E-state index in [2.05, 4.69) is 10.1 Å². The van der Waals surface area contributed by atoms with Crippen molar-refractivity contribution in [2.75, 3.05) is 5.73 Å². The van der Waals surface area contributed by atoms with E-state index in [1.54, 1.807) is 24.3 Å². The van der Waals surface area contributed by atoms with Crippen molar-refractivity contribution in [1.29, 1.82) is 5.41 Å². The summed E-state index contributed by atoms with van der Waals surface area (Å²) in [6.45, 7) is 2.60. The first-order valence-electron chi connectivity index (χ1n) is 5.48. The molecule has 1 rings (SSSR count). The van der Waals surface area contributed by atoms with Gasteiger partial charge in [0.25, 0.3) is 0 Å². The molecule has 0 fully saturated rings. The molecule has 0 aliphatic rings. The van der Waals surface area contributed by atoms with Crippen LogP contribution in [0.4, 0.5) is 10.5 Å². The number of nitrogen functional groups attached to an aromatic ring is 1. The Labute approximate surface area is 110 Å². The number of esters is 1. The van der Waals surface area contributed by atoms with Gasteiger partial charge in [-0.2, -0.15) is 0 Å². The quantitative estimate of drug-likeness (QED) is 0.250. The number of ether oxygens (including phenoxy) is 2.